The van der Waals surface area contributed by atoms with Gasteiger partial charge in [0.2, 0.25) is 0 Å². The first-order chi connectivity index (χ1) is 23.8. The van der Waals surface area contributed by atoms with Crippen LogP contribution in [0, 0.1) is 19.8 Å². The third kappa shape index (κ3) is 18.6. The highest BCUT2D eigenvalue weighted by atomic mass is 16.5. The lowest BCUT2D eigenvalue weighted by molar-refractivity contribution is 0.0649. The van der Waals surface area contributed by atoms with Crippen LogP contribution >= 0.6 is 0 Å². The Bertz CT molecular complexity index is 1060. The molecule has 6 N–H and O–H groups in total. The minimum Gasteiger partial charge on any atom is -0.383 e. The van der Waals surface area contributed by atoms with Crippen LogP contribution in [0.15, 0.2) is 48.5 Å². The van der Waals surface area contributed by atoms with E-state index in [0.717, 1.165) is 32.9 Å². The molecule has 4 aliphatic rings. The Hall–Kier alpha value is -2.20. The van der Waals surface area contributed by atoms with E-state index in [1.807, 2.05) is 6.07 Å². The molecule has 0 radical (unpaired) electrons. The lowest BCUT2D eigenvalue weighted by atomic mass is 10.1. The molecule has 0 aliphatic carbocycles. The number of hydrogen-bond donors (Lipinski definition) is 6. The number of anilines is 2. The lowest BCUT2D eigenvalue weighted by Gasteiger charge is -2.16. The molecule has 0 aromatic heterocycles. The number of rotatable bonds is 13. The number of aryl methyl sites for hydroxylation is 2. The summed E-state index contributed by atoms with van der Waals surface area (Å²) in [6, 6.07) is 19.4. The lowest BCUT2D eigenvalue weighted by Crippen LogP contribution is -2.29. The van der Waals surface area contributed by atoms with Crippen LogP contribution in [0.4, 0.5) is 11.4 Å². The van der Waals surface area contributed by atoms with Gasteiger partial charge in [-0.1, -0.05) is 50.2 Å². The van der Waals surface area contributed by atoms with Gasteiger partial charge in [-0.2, -0.15) is 0 Å². The maximum Gasteiger partial charge on any atom is 0.0623 e. The maximum absolute atomic E-state index is 5.52. The summed E-state index contributed by atoms with van der Waals surface area (Å²) < 4.78 is 11.0. The molecule has 278 valence electrons. The van der Waals surface area contributed by atoms with Crippen LogP contribution in [0.3, 0.4) is 0 Å². The summed E-state index contributed by atoms with van der Waals surface area (Å²) >= 11 is 0. The topological polar surface area (TPSA) is 90.6 Å². The SMILES string of the molecule is CC(C)COC[C@@H]1CCCN1.CC(C)OC[C@@H]1CCCN1.Cc1cccc(C)c1NCC1CCCN1.c1ccc(NCC2CCCN2)cc1. The molecule has 0 bridgehead atoms. The smallest absolute Gasteiger partial charge is 0.0623 e. The summed E-state index contributed by atoms with van der Waals surface area (Å²) in [7, 11) is 0. The van der Waals surface area contributed by atoms with Crippen molar-refractivity contribution in [3.63, 3.8) is 0 Å². The molecule has 4 atom stereocenters. The van der Waals surface area contributed by atoms with Crippen LogP contribution in [-0.2, 0) is 9.47 Å². The Kier molecular flexibility index (Phi) is 20.9. The molecule has 4 saturated heterocycles. The highest BCUT2D eigenvalue weighted by Crippen LogP contribution is 2.20. The van der Waals surface area contributed by atoms with Gasteiger partial charge in [-0.3, -0.25) is 0 Å². The average molecular weight is 681 g/mol. The molecule has 2 aromatic rings. The summed E-state index contributed by atoms with van der Waals surface area (Å²) in [5, 5.41) is 20.7. The van der Waals surface area contributed by atoms with E-state index in [9.17, 15) is 0 Å². The maximum atomic E-state index is 5.52. The summed E-state index contributed by atoms with van der Waals surface area (Å²) in [6.07, 6.45) is 10.8. The average Bonchev–Trinajstić information content (AvgIpc) is 3.93. The van der Waals surface area contributed by atoms with Gasteiger partial charge in [0.1, 0.15) is 0 Å². The minimum absolute atomic E-state index is 0.377. The van der Waals surface area contributed by atoms with Gasteiger partial charge in [0.05, 0.1) is 19.3 Å². The molecule has 4 aliphatic heterocycles. The molecule has 2 aromatic carbocycles. The predicted octanol–water partition coefficient (Wildman–Crippen LogP) is 6.89. The van der Waals surface area contributed by atoms with E-state index < -0.39 is 0 Å². The van der Waals surface area contributed by atoms with Crippen molar-refractivity contribution in [3.8, 4) is 0 Å². The van der Waals surface area contributed by atoms with Gasteiger partial charge < -0.3 is 41.4 Å². The van der Waals surface area contributed by atoms with Crippen LogP contribution in [0.2, 0.25) is 0 Å². The molecule has 6 rings (SSSR count). The first kappa shape index (κ1) is 41.2. The standard InChI is InChI=1S/C13H20N2.C11H16N2.C9H19NO.C8H17NO/c1-10-5-3-6-11(2)13(10)15-9-12-7-4-8-14-12;1-2-5-10(6-3-1)13-9-11-7-4-8-12-11;1-8(2)6-11-7-9-4-3-5-10-9;1-7(2)10-6-8-4-3-5-9-8/h3,5-6,12,14-15H,4,7-9H2,1-2H3;1-3,5-6,11-13H,4,7-9H2;8-10H,3-7H2,1-2H3;7-9H,3-6H2,1-2H3/t;;9-;8-/m..00/s1. The Balaban J connectivity index is 0.000000179. The summed E-state index contributed by atoms with van der Waals surface area (Å²) in [6.45, 7) is 22.3. The fourth-order valence-corrected chi connectivity index (χ4v) is 6.53. The summed E-state index contributed by atoms with van der Waals surface area (Å²) in [5.41, 5.74) is 5.21. The van der Waals surface area contributed by atoms with Crippen molar-refractivity contribution in [1.29, 1.82) is 0 Å². The van der Waals surface area contributed by atoms with Crippen LogP contribution in [0.1, 0.15) is 90.2 Å². The quantitative estimate of drug-likeness (QED) is 0.136. The predicted molar refractivity (Wildman–Crippen MR) is 210 cm³/mol. The number of ether oxygens (including phenoxy) is 2. The van der Waals surface area contributed by atoms with Crippen LogP contribution < -0.4 is 31.9 Å². The third-order valence-electron chi connectivity index (χ3n) is 9.38. The Morgan fingerprint density at radius 1 is 0.612 bits per heavy atom. The monoisotopic (exact) mass is 681 g/mol. The fraction of sp³-hybridized carbons (Fsp3) is 0.707. The first-order valence-electron chi connectivity index (χ1n) is 19.5. The molecule has 0 saturated carbocycles. The van der Waals surface area contributed by atoms with Gasteiger partial charge in [-0.05, 0) is 134 Å². The van der Waals surface area contributed by atoms with Gasteiger partial charge in [-0.15, -0.1) is 0 Å². The van der Waals surface area contributed by atoms with Crippen molar-refractivity contribution in [2.24, 2.45) is 5.92 Å². The second-order valence-electron chi connectivity index (χ2n) is 14.9. The molecule has 8 nitrogen and oxygen atoms in total. The van der Waals surface area contributed by atoms with Gasteiger partial charge >= 0.3 is 0 Å². The molecular weight excluding hydrogens is 608 g/mol. The van der Waals surface area contributed by atoms with Crippen LogP contribution in [0.25, 0.3) is 0 Å². The summed E-state index contributed by atoms with van der Waals surface area (Å²) in [5.74, 6) is 0.663. The Morgan fingerprint density at radius 2 is 1.10 bits per heavy atom. The third-order valence-corrected chi connectivity index (χ3v) is 9.38. The number of hydrogen-bond acceptors (Lipinski definition) is 8. The van der Waals surface area contributed by atoms with Crippen LogP contribution in [-0.4, -0.2) is 89.4 Å². The first-order valence-corrected chi connectivity index (χ1v) is 19.5. The number of nitrogens with one attached hydrogen (secondary N) is 6. The van der Waals surface area contributed by atoms with Crippen molar-refractivity contribution in [2.45, 2.75) is 123 Å². The zero-order chi connectivity index (χ0) is 35.1. The molecule has 49 heavy (non-hydrogen) atoms. The van der Waals surface area contributed by atoms with Gasteiger partial charge in [-0.25, -0.2) is 0 Å². The highest BCUT2D eigenvalue weighted by Gasteiger charge is 2.16. The van der Waals surface area contributed by atoms with Crippen molar-refractivity contribution < 1.29 is 9.47 Å². The van der Waals surface area contributed by atoms with Crippen molar-refractivity contribution in [2.75, 3.05) is 69.7 Å². The van der Waals surface area contributed by atoms with Crippen molar-refractivity contribution in [3.05, 3.63) is 59.7 Å². The van der Waals surface area contributed by atoms with E-state index in [1.54, 1.807) is 0 Å². The van der Waals surface area contributed by atoms with E-state index in [-0.39, 0.29) is 0 Å². The van der Waals surface area contributed by atoms with E-state index in [4.69, 9.17) is 9.47 Å². The van der Waals surface area contributed by atoms with E-state index >= 15 is 0 Å². The highest BCUT2D eigenvalue weighted by molar-refractivity contribution is 5.56. The van der Waals surface area contributed by atoms with E-state index in [0.29, 0.717) is 36.2 Å². The molecule has 0 spiro atoms. The van der Waals surface area contributed by atoms with Crippen molar-refractivity contribution >= 4 is 11.4 Å². The van der Waals surface area contributed by atoms with Gasteiger partial charge in [0.15, 0.2) is 0 Å². The zero-order valence-corrected chi connectivity index (χ0v) is 31.9. The molecular formula is C41H72N6O2. The number of benzene rings is 2. The molecule has 0 amide bonds. The van der Waals surface area contributed by atoms with E-state index in [2.05, 4.69) is 116 Å². The Morgan fingerprint density at radius 3 is 1.57 bits per heavy atom. The molecule has 2 unspecified atom stereocenters. The minimum atomic E-state index is 0.377. The van der Waals surface area contributed by atoms with Gasteiger partial charge in [0.25, 0.3) is 0 Å². The number of para-hydroxylation sites is 2. The summed E-state index contributed by atoms with van der Waals surface area (Å²) in [4.78, 5) is 0. The molecule has 4 heterocycles. The van der Waals surface area contributed by atoms with Crippen LogP contribution in [0.5, 0.6) is 0 Å². The largest absolute Gasteiger partial charge is 0.383 e. The Labute approximate surface area is 300 Å². The normalized spacial score (nSPS) is 22.9. The second kappa shape index (κ2) is 24.9. The second-order valence-corrected chi connectivity index (χ2v) is 14.9. The zero-order valence-electron chi connectivity index (χ0n) is 31.9. The van der Waals surface area contributed by atoms with E-state index in [1.165, 1.54) is 100 Å². The molecule has 4 fully saturated rings. The van der Waals surface area contributed by atoms with Crippen molar-refractivity contribution in [1.82, 2.24) is 21.3 Å². The van der Waals surface area contributed by atoms with Gasteiger partial charge in [0, 0.05) is 55.2 Å². The molecule has 8 heteroatoms. The fourth-order valence-electron chi connectivity index (χ4n) is 6.53.